The van der Waals surface area contributed by atoms with Crippen LogP contribution in [0.1, 0.15) is 31.4 Å². The van der Waals surface area contributed by atoms with E-state index in [0.29, 0.717) is 5.92 Å². The summed E-state index contributed by atoms with van der Waals surface area (Å²) in [6, 6.07) is 4.96. The van der Waals surface area contributed by atoms with Gasteiger partial charge in [-0.3, -0.25) is 4.99 Å². The van der Waals surface area contributed by atoms with Gasteiger partial charge in [-0.15, -0.1) is 0 Å². The maximum atomic E-state index is 13.9. The Balaban J connectivity index is 1.88. The fraction of sp³-hybridized carbons (Fsp3) is 0.611. The molecule has 0 aliphatic carbocycles. The molecular formula is C18H29FN4O. The summed E-state index contributed by atoms with van der Waals surface area (Å²) < 4.78 is 18.8. The number of nitrogens with one attached hydrogen (secondary N) is 2. The van der Waals surface area contributed by atoms with Gasteiger partial charge in [-0.1, -0.05) is 6.07 Å². The van der Waals surface area contributed by atoms with Crippen molar-refractivity contribution in [2.75, 3.05) is 40.8 Å². The number of hydrogen-bond donors (Lipinski definition) is 2. The lowest BCUT2D eigenvalue weighted by atomic mass is 9.98. The lowest BCUT2D eigenvalue weighted by Gasteiger charge is -2.30. The number of halogens is 1. The average Bonchev–Trinajstić information content (AvgIpc) is 2.58. The Hall–Kier alpha value is -1.82. The van der Waals surface area contributed by atoms with Crippen molar-refractivity contribution >= 4 is 5.96 Å². The van der Waals surface area contributed by atoms with E-state index in [2.05, 4.69) is 27.6 Å². The predicted molar refractivity (Wildman–Crippen MR) is 96.1 cm³/mol. The number of aliphatic imine (C=N–C) groups is 1. The third-order valence-corrected chi connectivity index (χ3v) is 4.53. The van der Waals surface area contributed by atoms with E-state index in [4.69, 9.17) is 4.74 Å². The van der Waals surface area contributed by atoms with Crippen LogP contribution in [0.25, 0.3) is 0 Å². The number of likely N-dealkylation sites (tertiary alicyclic amines) is 1. The highest BCUT2D eigenvalue weighted by Gasteiger charge is 2.18. The lowest BCUT2D eigenvalue weighted by Crippen LogP contribution is -2.44. The molecular weight excluding hydrogens is 307 g/mol. The van der Waals surface area contributed by atoms with Crippen molar-refractivity contribution in [2.24, 2.45) is 10.9 Å². The van der Waals surface area contributed by atoms with Gasteiger partial charge in [0.05, 0.1) is 13.2 Å². The van der Waals surface area contributed by atoms with E-state index < -0.39 is 0 Å². The zero-order chi connectivity index (χ0) is 17.5. The molecule has 134 valence electrons. The second-order valence-electron chi connectivity index (χ2n) is 6.48. The molecule has 0 radical (unpaired) electrons. The van der Waals surface area contributed by atoms with Gasteiger partial charge in [0.1, 0.15) is 0 Å². The van der Waals surface area contributed by atoms with E-state index in [1.165, 1.54) is 32.6 Å². The molecule has 1 saturated heterocycles. The zero-order valence-electron chi connectivity index (χ0n) is 15.1. The van der Waals surface area contributed by atoms with Crippen LogP contribution in [0, 0.1) is 11.7 Å². The maximum absolute atomic E-state index is 13.9. The molecule has 2 N–H and O–H groups in total. The van der Waals surface area contributed by atoms with Crippen LogP contribution in [-0.2, 0) is 0 Å². The van der Waals surface area contributed by atoms with Crippen LogP contribution in [0.2, 0.25) is 0 Å². The summed E-state index contributed by atoms with van der Waals surface area (Å²) in [5, 5.41) is 6.71. The van der Waals surface area contributed by atoms with Gasteiger partial charge < -0.3 is 20.3 Å². The second kappa shape index (κ2) is 8.87. The number of ether oxygens (including phenoxy) is 1. The summed E-state index contributed by atoms with van der Waals surface area (Å²) in [5.41, 5.74) is 0.855. The third-order valence-electron chi connectivity index (χ3n) is 4.53. The number of nitrogens with zero attached hydrogens (tertiary/aromatic N) is 2. The molecule has 0 saturated carbocycles. The molecule has 0 amide bonds. The largest absolute Gasteiger partial charge is 0.494 e. The van der Waals surface area contributed by atoms with E-state index in [1.807, 2.05) is 13.0 Å². The molecule has 6 heteroatoms. The molecule has 1 fully saturated rings. The van der Waals surface area contributed by atoms with E-state index in [-0.39, 0.29) is 17.6 Å². The van der Waals surface area contributed by atoms with E-state index in [9.17, 15) is 4.39 Å². The van der Waals surface area contributed by atoms with Gasteiger partial charge in [0, 0.05) is 20.1 Å². The number of rotatable bonds is 5. The monoisotopic (exact) mass is 336 g/mol. The number of hydrogen-bond acceptors (Lipinski definition) is 3. The van der Waals surface area contributed by atoms with Crippen LogP contribution in [0.3, 0.4) is 0 Å². The minimum absolute atomic E-state index is 0.0503. The Morgan fingerprint density at radius 2 is 2.29 bits per heavy atom. The number of methoxy groups -OCH3 is 1. The fourth-order valence-corrected chi connectivity index (χ4v) is 3.12. The van der Waals surface area contributed by atoms with Gasteiger partial charge in [0.2, 0.25) is 0 Å². The van der Waals surface area contributed by atoms with Crippen LogP contribution < -0.4 is 15.4 Å². The molecule has 1 heterocycles. The summed E-state index contributed by atoms with van der Waals surface area (Å²) in [6.07, 6.45) is 2.49. The van der Waals surface area contributed by atoms with Crippen molar-refractivity contribution in [1.29, 1.82) is 0 Å². The van der Waals surface area contributed by atoms with Crippen LogP contribution in [0.15, 0.2) is 23.2 Å². The normalized spacial score (nSPS) is 20.5. The number of guanidine groups is 1. The Labute approximate surface area is 144 Å². The molecule has 0 aromatic heterocycles. The van der Waals surface area contributed by atoms with Gasteiger partial charge in [-0.2, -0.15) is 0 Å². The molecule has 24 heavy (non-hydrogen) atoms. The summed E-state index contributed by atoms with van der Waals surface area (Å²) >= 11 is 0. The molecule has 2 unspecified atom stereocenters. The smallest absolute Gasteiger partial charge is 0.191 e. The standard InChI is InChI=1S/C18H29FN4O/c1-13(15-7-8-17(24-4)16(19)10-15)22-18(20-2)21-11-14-6-5-9-23(3)12-14/h7-8,10,13-14H,5-6,9,11-12H2,1-4H3,(H2,20,21,22). The first-order valence-electron chi connectivity index (χ1n) is 8.52. The summed E-state index contributed by atoms with van der Waals surface area (Å²) in [4.78, 5) is 6.65. The van der Waals surface area contributed by atoms with Gasteiger partial charge in [0.25, 0.3) is 0 Å². The van der Waals surface area contributed by atoms with Gasteiger partial charge in [0.15, 0.2) is 17.5 Å². The van der Waals surface area contributed by atoms with Crippen LogP contribution in [-0.4, -0.2) is 51.7 Å². The number of piperidine rings is 1. The van der Waals surface area contributed by atoms with Crippen molar-refractivity contribution in [3.63, 3.8) is 0 Å². The van der Waals surface area contributed by atoms with Crippen LogP contribution in [0.4, 0.5) is 4.39 Å². The predicted octanol–water partition coefficient (Wildman–Crippen LogP) is 2.40. The van der Waals surface area contributed by atoms with Crippen molar-refractivity contribution in [1.82, 2.24) is 15.5 Å². The first-order valence-corrected chi connectivity index (χ1v) is 8.52. The molecule has 0 spiro atoms. The molecule has 0 bridgehead atoms. The minimum Gasteiger partial charge on any atom is -0.494 e. The van der Waals surface area contributed by atoms with E-state index >= 15 is 0 Å². The second-order valence-corrected chi connectivity index (χ2v) is 6.48. The van der Waals surface area contributed by atoms with Crippen molar-refractivity contribution in [3.8, 4) is 5.75 Å². The molecule has 1 aromatic carbocycles. The Kier molecular flexibility index (Phi) is 6.85. The summed E-state index contributed by atoms with van der Waals surface area (Å²) in [5.74, 6) is 1.29. The minimum atomic E-state index is -0.350. The fourth-order valence-electron chi connectivity index (χ4n) is 3.12. The highest BCUT2D eigenvalue weighted by molar-refractivity contribution is 5.80. The van der Waals surface area contributed by atoms with Gasteiger partial charge in [-0.05, 0) is 57.0 Å². The highest BCUT2D eigenvalue weighted by atomic mass is 19.1. The van der Waals surface area contributed by atoms with E-state index in [1.54, 1.807) is 13.1 Å². The molecule has 2 atom stereocenters. The van der Waals surface area contributed by atoms with E-state index in [0.717, 1.165) is 24.6 Å². The van der Waals surface area contributed by atoms with Crippen LogP contribution in [0.5, 0.6) is 5.75 Å². The summed E-state index contributed by atoms with van der Waals surface area (Å²) in [7, 11) is 5.39. The van der Waals surface area contributed by atoms with Crippen molar-refractivity contribution < 1.29 is 9.13 Å². The molecule has 1 aliphatic heterocycles. The topological polar surface area (TPSA) is 48.9 Å². The van der Waals surface area contributed by atoms with Crippen molar-refractivity contribution in [3.05, 3.63) is 29.6 Å². The number of benzene rings is 1. The maximum Gasteiger partial charge on any atom is 0.191 e. The third kappa shape index (κ3) is 5.09. The Morgan fingerprint density at radius 1 is 1.50 bits per heavy atom. The molecule has 5 nitrogen and oxygen atoms in total. The SMILES string of the molecule is CN=C(NCC1CCCN(C)C1)NC(C)c1ccc(OC)c(F)c1. The highest BCUT2D eigenvalue weighted by Crippen LogP contribution is 2.21. The molecule has 1 aromatic rings. The Bertz CT molecular complexity index is 564. The Morgan fingerprint density at radius 3 is 2.92 bits per heavy atom. The quantitative estimate of drug-likeness (QED) is 0.640. The first-order chi connectivity index (χ1) is 11.5. The molecule has 2 rings (SSSR count). The molecule has 1 aliphatic rings. The first kappa shape index (κ1) is 18.5. The lowest BCUT2D eigenvalue weighted by molar-refractivity contribution is 0.210. The zero-order valence-corrected chi connectivity index (χ0v) is 15.1. The van der Waals surface area contributed by atoms with Gasteiger partial charge >= 0.3 is 0 Å². The average molecular weight is 336 g/mol. The van der Waals surface area contributed by atoms with Gasteiger partial charge in [-0.25, -0.2) is 4.39 Å². The summed E-state index contributed by atoms with van der Waals surface area (Å²) in [6.45, 7) is 5.18. The van der Waals surface area contributed by atoms with Crippen LogP contribution >= 0.6 is 0 Å². The van der Waals surface area contributed by atoms with Crippen molar-refractivity contribution in [2.45, 2.75) is 25.8 Å².